The average Bonchev–Trinajstić information content (AvgIpc) is 3.63. The van der Waals surface area contributed by atoms with E-state index in [0.717, 1.165) is 37.6 Å². The number of Topliss-reactive ketones (excluding diaryl/α,β-unsaturated/α-hetero) is 1. The monoisotopic (exact) mass is 569 g/mol. The van der Waals surface area contributed by atoms with Crippen molar-refractivity contribution in [1.29, 1.82) is 0 Å². The van der Waals surface area contributed by atoms with Gasteiger partial charge < -0.3 is 10.2 Å². The van der Waals surface area contributed by atoms with Crippen LogP contribution >= 0.6 is 11.6 Å². The maximum Gasteiger partial charge on any atom is 0.417 e. The number of aryl methyl sites for hydroxylation is 1. The number of carbonyl (C=O) groups is 1. The van der Waals surface area contributed by atoms with Crippen LogP contribution in [-0.2, 0) is 12.6 Å². The minimum atomic E-state index is -4.70. The van der Waals surface area contributed by atoms with E-state index in [9.17, 15) is 18.0 Å². The Morgan fingerprint density at radius 3 is 2.58 bits per heavy atom. The van der Waals surface area contributed by atoms with Gasteiger partial charge in [-0.2, -0.15) is 13.2 Å². The van der Waals surface area contributed by atoms with Gasteiger partial charge in [0.25, 0.3) is 0 Å². The van der Waals surface area contributed by atoms with E-state index in [1.165, 1.54) is 12.4 Å². The number of benzene rings is 2. The minimum absolute atomic E-state index is 0.0605. The molecule has 2 aromatic carbocycles. The third-order valence-electron chi connectivity index (χ3n) is 6.88. The van der Waals surface area contributed by atoms with E-state index in [1.54, 1.807) is 35.4 Å². The molecule has 0 bridgehead atoms. The van der Waals surface area contributed by atoms with Crippen LogP contribution in [0.5, 0.6) is 0 Å². The van der Waals surface area contributed by atoms with Gasteiger partial charge in [0.1, 0.15) is 12.0 Å². The smallest absolute Gasteiger partial charge is 0.383 e. The fourth-order valence-corrected chi connectivity index (χ4v) is 5.00. The molecule has 5 rings (SSSR count). The van der Waals surface area contributed by atoms with Crippen LogP contribution in [0.3, 0.4) is 0 Å². The van der Waals surface area contributed by atoms with E-state index in [0.29, 0.717) is 35.6 Å². The van der Waals surface area contributed by atoms with Gasteiger partial charge in [-0.25, -0.2) is 14.6 Å². The zero-order valence-electron chi connectivity index (χ0n) is 21.7. The Balaban J connectivity index is 1.37. The highest BCUT2D eigenvalue weighted by atomic mass is 35.5. The molecular weight excluding hydrogens is 543 g/mol. The van der Waals surface area contributed by atoms with Gasteiger partial charge in [-0.05, 0) is 62.2 Å². The maximum atomic E-state index is 13.8. The molecule has 3 heterocycles. The Kier molecular flexibility index (Phi) is 8.13. The Hall–Kier alpha value is -3.83. The van der Waals surface area contributed by atoms with Crippen LogP contribution < -0.4 is 5.32 Å². The Morgan fingerprint density at radius 1 is 1.10 bits per heavy atom. The van der Waals surface area contributed by atoms with Crippen molar-refractivity contribution in [2.45, 2.75) is 32.4 Å². The normalized spacial score (nSPS) is 14.0. The molecule has 0 aliphatic carbocycles. The number of carbonyl (C=O) groups excluding carboxylic acids is 1. The molecule has 0 saturated carbocycles. The van der Waals surface area contributed by atoms with E-state index in [2.05, 4.69) is 30.5 Å². The molecule has 8 nitrogen and oxygen atoms in total. The molecule has 0 amide bonds. The zero-order valence-corrected chi connectivity index (χ0v) is 22.5. The van der Waals surface area contributed by atoms with Crippen LogP contribution in [0.25, 0.3) is 16.9 Å². The summed E-state index contributed by atoms with van der Waals surface area (Å²) in [6.45, 7) is 4.94. The van der Waals surface area contributed by atoms with Crippen molar-refractivity contribution in [2.24, 2.45) is 0 Å². The van der Waals surface area contributed by atoms with Crippen LogP contribution in [0.1, 0.15) is 39.9 Å². The van der Waals surface area contributed by atoms with Crippen molar-refractivity contribution < 1.29 is 18.0 Å². The van der Waals surface area contributed by atoms with Gasteiger partial charge in [-0.1, -0.05) is 28.9 Å². The highest BCUT2D eigenvalue weighted by Gasteiger charge is 2.35. The molecule has 1 fully saturated rings. The number of alkyl halides is 3. The largest absolute Gasteiger partial charge is 0.417 e. The van der Waals surface area contributed by atoms with Gasteiger partial charge in [-0.3, -0.25) is 4.79 Å². The van der Waals surface area contributed by atoms with Crippen molar-refractivity contribution in [3.05, 3.63) is 82.5 Å². The van der Waals surface area contributed by atoms with Gasteiger partial charge in [0.05, 0.1) is 28.2 Å². The first-order valence-corrected chi connectivity index (χ1v) is 13.2. The molecule has 1 saturated heterocycles. The molecule has 1 aliphatic heterocycles. The summed E-state index contributed by atoms with van der Waals surface area (Å²) in [6.07, 6.45) is 3.82. The molecule has 208 valence electrons. The minimum Gasteiger partial charge on any atom is -0.383 e. The molecule has 0 unspecified atom stereocenters. The van der Waals surface area contributed by atoms with Gasteiger partial charge >= 0.3 is 6.18 Å². The molecule has 0 radical (unpaired) electrons. The van der Waals surface area contributed by atoms with Crippen molar-refractivity contribution >= 4 is 23.1 Å². The average molecular weight is 570 g/mol. The van der Waals surface area contributed by atoms with E-state index in [1.807, 2.05) is 13.0 Å². The van der Waals surface area contributed by atoms with Gasteiger partial charge in [0.2, 0.25) is 0 Å². The van der Waals surface area contributed by atoms with E-state index < -0.39 is 22.5 Å². The fourth-order valence-electron chi connectivity index (χ4n) is 4.72. The molecule has 0 atom stereocenters. The second-order valence-corrected chi connectivity index (χ2v) is 10.1. The van der Waals surface area contributed by atoms with E-state index in [-0.39, 0.29) is 17.7 Å². The fraction of sp³-hybridized carbons (Fsp3) is 0.321. The lowest BCUT2D eigenvalue weighted by molar-refractivity contribution is -0.137. The van der Waals surface area contributed by atoms with Crippen LogP contribution in [0.15, 0.2) is 55.2 Å². The molecule has 0 spiro atoms. The molecule has 2 aromatic heterocycles. The first kappa shape index (κ1) is 27.7. The number of likely N-dealkylation sites (tertiary alicyclic amines) is 1. The predicted molar refractivity (Wildman–Crippen MR) is 146 cm³/mol. The number of nitrogens with one attached hydrogen (secondary N) is 1. The molecule has 1 N–H and O–H groups in total. The van der Waals surface area contributed by atoms with Crippen LogP contribution in [0.2, 0.25) is 5.02 Å². The maximum absolute atomic E-state index is 13.8. The molecule has 12 heteroatoms. The Labute approximate surface area is 234 Å². The lowest BCUT2D eigenvalue weighted by atomic mass is 9.98. The molecule has 1 aliphatic rings. The molecule has 4 aromatic rings. The highest BCUT2D eigenvalue weighted by Crippen LogP contribution is 2.39. The summed E-state index contributed by atoms with van der Waals surface area (Å²) in [6, 6.07) is 7.62. The van der Waals surface area contributed by atoms with Crippen molar-refractivity contribution in [2.75, 3.05) is 31.5 Å². The number of aromatic nitrogens is 5. The molecular formula is C28H27ClF3N7O. The third-order valence-corrected chi connectivity index (χ3v) is 7.28. The van der Waals surface area contributed by atoms with Crippen molar-refractivity contribution in [1.82, 2.24) is 29.9 Å². The van der Waals surface area contributed by atoms with E-state index >= 15 is 0 Å². The number of anilines is 1. The number of nitrogens with zero attached hydrogens (tertiary/aromatic N) is 6. The Bertz CT molecular complexity index is 1500. The number of hydrogen-bond donors (Lipinski definition) is 1. The zero-order chi connectivity index (χ0) is 28.3. The second kappa shape index (κ2) is 11.7. The van der Waals surface area contributed by atoms with Crippen LogP contribution in [0, 0.1) is 6.92 Å². The number of rotatable bonds is 9. The first-order valence-electron chi connectivity index (χ1n) is 12.9. The highest BCUT2D eigenvalue weighted by molar-refractivity contribution is 6.34. The lowest BCUT2D eigenvalue weighted by Crippen LogP contribution is -2.26. The molecule has 40 heavy (non-hydrogen) atoms. The Morgan fingerprint density at radius 2 is 1.85 bits per heavy atom. The third kappa shape index (κ3) is 6.31. The first-order chi connectivity index (χ1) is 19.2. The summed E-state index contributed by atoms with van der Waals surface area (Å²) in [7, 11) is 0. The SMILES string of the molecule is Cc1ccc(CC(=O)c2cc(NCCN3CCCC3)c(Cl)c(C(F)(F)F)c2)cc1-n1cc(-c2cncnc2)nn1. The summed E-state index contributed by atoms with van der Waals surface area (Å²) in [5.74, 6) is -0.458. The van der Waals surface area contributed by atoms with Crippen LogP contribution in [0.4, 0.5) is 18.9 Å². The quantitative estimate of drug-likeness (QED) is 0.261. The summed E-state index contributed by atoms with van der Waals surface area (Å²) >= 11 is 6.15. The summed E-state index contributed by atoms with van der Waals surface area (Å²) in [5, 5.41) is 10.9. The summed E-state index contributed by atoms with van der Waals surface area (Å²) in [4.78, 5) is 23.5. The van der Waals surface area contributed by atoms with Crippen LogP contribution in [-0.4, -0.2) is 61.8 Å². The number of ketones is 1. The van der Waals surface area contributed by atoms with Gasteiger partial charge in [0.15, 0.2) is 5.78 Å². The second-order valence-electron chi connectivity index (χ2n) is 9.75. The van der Waals surface area contributed by atoms with Gasteiger partial charge in [0, 0.05) is 43.0 Å². The topological polar surface area (TPSA) is 88.8 Å². The lowest BCUT2D eigenvalue weighted by Gasteiger charge is -2.19. The van der Waals surface area contributed by atoms with Gasteiger partial charge in [-0.15, -0.1) is 5.10 Å². The standard InChI is InChI=1S/C28H27ClF3N7O/c1-18-4-5-19(10-25(18)39-16-24(36-37-39)21-14-33-17-34-15-21)11-26(40)20-12-22(28(30,31)32)27(29)23(13-20)35-6-9-38-7-2-3-8-38/h4-5,10,12-17,35H,2-3,6-9,11H2,1H3. The van der Waals surface area contributed by atoms with Crippen molar-refractivity contribution in [3.63, 3.8) is 0 Å². The summed E-state index contributed by atoms with van der Waals surface area (Å²) in [5.41, 5.74) is 2.48. The number of hydrogen-bond acceptors (Lipinski definition) is 7. The number of halogens is 4. The predicted octanol–water partition coefficient (Wildman–Crippen LogP) is 5.64. The van der Waals surface area contributed by atoms with E-state index in [4.69, 9.17) is 11.6 Å². The van der Waals surface area contributed by atoms with Crippen molar-refractivity contribution in [3.8, 4) is 16.9 Å². The summed E-state index contributed by atoms with van der Waals surface area (Å²) < 4.78 is 43.0.